The number of nitrogens with two attached hydrogens (primary N) is 1. The van der Waals surface area contributed by atoms with Gasteiger partial charge in [0.1, 0.15) is 0 Å². The fourth-order valence-corrected chi connectivity index (χ4v) is 2.17. The van der Waals surface area contributed by atoms with Gasteiger partial charge in [-0.3, -0.25) is 4.90 Å². The summed E-state index contributed by atoms with van der Waals surface area (Å²) < 4.78 is 37.8. The Morgan fingerprint density at radius 3 is 2.35 bits per heavy atom. The fraction of sp³-hybridized carbons (Fsp3) is 0.500. The molecule has 1 saturated heterocycles. The quantitative estimate of drug-likeness (QED) is 0.810. The molecule has 0 radical (unpaired) electrons. The van der Waals surface area contributed by atoms with Crippen LogP contribution in [-0.4, -0.2) is 18.0 Å². The topological polar surface area (TPSA) is 29.3 Å². The molecular formula is C12H15F3N2. The fourth-order valence-electron chi connectivity index (χ4n) is 2.17. The van der Waals surface area contributed by atoms with Crippen molar-refractivity contribution in [3.05, 3.63) is 29.3 Å². The molecule has 2 rings (SSSR count). The molecule has 2 nitrogen and oxygen atoms in total. The first-order valence-electron chi connectivity index (χ1n) is 5.64. The third kappa shape index (κ3) is 3.12. The summed E-state index contributed by atoms with van der Waals surface area (Å²) in [6, 6.07) is 3.79. The summed E-state index contributed by atoms with van der Waals surface area (Å²) >= 11 is 0. The molecular weight excluding hydrogens is 229 g/mol. The minimum atomic E-state index is -4.32. The number of likely N-dealkylation sites (tertiary alicyclic amines) is 1. The molecule has 1 heterocycles. The van der Waals surface area contributed by atoms with Gasteiger partial charge in [-0.2, -0.15) is 13.2 Å². The van der Waals surface area contributed by atoms with Gasteiger partial charge in [0.05, 0.1) is 5.56 Å². The molecule has 0 amide bonds. The summed E-state index contributed by atoms with van der Waals surface area (Å²) in [6.45, 7) is 2.46. The highest BCUT2D eigenvalue weighted by molar-refractivity contribution is 5.45. The lowest BCUT2D eigenvalue weighted by Gasteiger charge is -2.16. The van der Waals surface area contributed by atoms with E-state index in [-0.39, 0.29) is 5.69 Å². The first kappa shape index (κ1) is 12.2. The lowest BCUT2D eigenvalue weighted by atomic mass is 10.1. The highest BCUT2D eigenvalue weighted by Gasteiger charge is 2.31. The van der Waals surface area contributed by atoms with E-state index in [1.807, 2.05) is 0 Å². The highest BCUT2D eigenvalue weighted by atomic mass is 19.4. The van der Waals surface area contributed by atoms with Gasteiger partial charge in [0.2, 0.25) is 0 Å². The standard InChI is InChI=1S/C12H15F3N2/c13-12(14,15)10-5-9(6-11(16)7-10)8-17-3-1-2-4-17/h5-7H,1-4,8,16H2. The predicted octanol–water partition coefficient (Wildman–Crippen LogP) is 2.88. The first-order chi connectivity index (χ1) is 7.95. The maximum absolute atomic E-state index is 12.6. The molecule has 0 spiro atoms. The molecule has 1 aliphatic rings. The molecule has 0 unspecified atom stereocenters. The van der Waals surface area contributed by atoms with E-state index in [2.05, 4.69) is 4.90 Å². The summed E-state index contributed by atoms with van der Waals surface area (Å²) in [5.74, 6) is 0. The molecule has 0 atom stereocenters. The van der Waals surface area contributed by atoms with Crippen LogP contribution in [0.2, 0.25) is 0 Å². The van der Waals surface area contributed by atoms with Crippen LogP contribution < -0.4 is 5.73 Å². The van der Waals surface area contributed by atoms with Crippen LogP contribution in [0.1, 0.15) is 24.0 Å². The van der Waals surface area contributed by atoms with E-state index in [9.17, 15) is 13.2 Å². The largest absolute Gasteiger partial charge is 0.416 e. The number of anilines is 1. The Labute approximate surface area is 98.2 Å². The van der Waals surface area contributed by atoms with E-state index in [0.29, 0.717) is 12.1 Å². The van der Waals surface area contributed by atoms with Gasteiger partial charge in [-0.15, -0.1) is 0 Å². The Morgan fingerprint density at radius 2 is 1.76 bits per heavy atom. The summed E-state index contributed by atoms with van der Waals surface area (Å²) in [6.07, 6.45) is -2.09. The van der Waals surface area contributed by atoms with Crippen molar-refractivity contribution in [1.82, 2.24) is 4.90 Å². The van der Waals surface area contributed by atoms with Crippen molar-refractivity contribution in [2.75, 3.05) is 18.8 Å². The van der Waals surface area contributed by atoms with Crippen LogP contribution in [0.3, 0.4) is 0 Å². The van der Waals surface area contributed by atoms with Crippen molar-refractivity contribution in [2.45, 2.75) is 25.6 Å². The van der Waals surface area contributed by atoms with Gasteiger partial charge in [0.25, 0.3) is 0 Å². The lowest BCUT2D eigenvalue weighted by Crippen LogP contribution is -2.19. The monoisotopic (exact) mass is 244 g/mol. The van der Waals surface area contributed by atoms with Gasteiger partial charge in [-0.05, 0) is 49.7 Å². The number of nitrogen functional groups attached to an aromatic ring is 1. The SMILES string of the molecule is Nc1cc(CN2CCCC2)cc(C(F)(F)F)c1. The average molecular weight is 244 g/mol. The Kier molecular flexibility index (Phi) is 3.28. The molecule has 1 fully saturated rings. The van der Waals surface area contributed by atoms with Crippen molar-refractivity contribution in [1.29, 1.82) is 0 Å². The normalized spacial score (nSPS) is 17.6. The third-order valence-electron chi connectivity index (χ3n) is 2.95. The van der Waals surface area contributed by atoms with Crippen LogP contribution in [0.4, 0.5) is 18.9 Å². The molecule has 0 saturated carbocycles. The van der Waals surface area contributed by atoms with Crippen molar-refractivity contribution in [3.8, 4) is 0 Å². The average Bonchev–Trinajstić information content (AvgIpc) is 2.68. The number of benzene rings is 1. The number of halogens is 3. The van der Waals surface area contributed by atoms with Crippen molar-refractivity contribution >= 4 is 5.69 Å². The van der Waals surface area contributed by atoms with Crippen molar-refractivity contribution in [3.63, 3.8) is 0 Å². The van der Waals surface area contributed by atoms with Gasteiger partial charge >= 0.3 is 6.18 Å². The second kappa shape index (κ2) is 4.56. The summed E-state index contributed by atoms with van der Waals surface area (Å²) in [5, 5.41) is 0. The van der Waals surface area contributed by atoms with E-state index < -0.39 is 11.7 Å². The van der Waals surface area contributed by atoms with Gasteiger partial charge in [-0.25, -0.2) is 0 Å². The molecule has 0 bridgehead atoms. The Morgan fingerprint density at radius 1 is 1.12 bits per heavy atom. The molecule has 94 valence electrons. The third-order valence-corrected chi connectivity index (χ3v) is 2.95. The van der Waals surface area contributed by atoms with Crippen molar-refractivity contribution in [2.24, 2.45) is 0 Å². The van der Waals surface area contributed by atoms with E-state index in [4.69, 9.17) is 5.73 Å². The minimum absolute atomic E-state index is 0.175. The zero-order chi connectivity index (χ0) is 12.5. The molecule has 1 aliphatic heterocycles. The number of alkyl halides is 3. The van der Waals surface area contributed by atoms with Gasteiger partial charge in [0.15, 0.2) is 0 Å². The van der Waals surface area contributed by atoms with Crippen LogP contribution in [0, 0.1) is 0 Å². The smallest absolute Gasteiger partial charge is 0.399 e. The summed E-state index contributed by atoms with van der Waals surface area (Å²) in [7, 11) is 0. The lowest BCUT2D eigenvalue weighted by molar-refractivity contribution is -0.137. The molecule has 2 N–H and O–H groups in total. The van der Waals surface area contributed by atoms with E-state index in [0.717, 1.165) is 32.0 Å². The van der Waals surface area contributed by atoms with E-state index >= 15 is 0 Å². The molecule has 1 aromatic carbocycles. The van der Waals surface area contributed by atoms with E-state index in [1.165, 1.54) is 6.07 Å². The highest BCUT2D eigenvalue weighted by Crippen LogP contribution is 2.31. The van der Waals surface area contributed by atoms with Crippen molar-refractivity contribution < 1.29 is 13.2 Å². The van der Waals surface area contributed by atoms with Crippen LogP contribution >= 0.6 is 0 Å². The van der Waals surface area contributed by atoms with Gasteiger partial charge in [0, 0.05) is 12.2 Å². The molecule has 0 aliphatic carbocycles. The van der Waals surface area contributed by atoms with Crippen LogP contribution in [0.15, 0.2) is 18.2 Å². The van der Waals surface area contributed by atoms with Crippen LogP contribution in [0.5, 0.6) is 0 Å². The summed E-state index contributed by atoms with van der Waals surface area (Å²) in [5.41, 5.74) is 5.66. The zero-order valence-electron chi connectivity index (χ0n) is 9.43. The molecule has 1 aromatic rings. The van der Waals surface area contributed by atoms with Crippen LogP contribution in [0.25, 0.3) is 0 Å². The number of hydrogen-bond acceptors (Lipinski definition) is 2. The second-order valence-corrected chi connectivity index (χ2v) is 4.44. The first-order valence-corrected chi connectivity index (χ1v) is 5.64. The Balaban J connectivity index is 2.19. The number of hydrogen-bond donors (Lipinski definition) is 1. The Bertz CT molecular complexity index is 395. The van der Waals surface area contributed by atoms with E-state index in [1.54, 1.807) is 6.07 Å². The molecule has 0 aromatic heterocycles. The maximum atomic E-state index is 12.6. The maximum Gasteiger partial charge on any atom is 0.416 e. The minimum Gasteiger partial charge on any atom is -0.399 e. The number of nitrogens with zero attached hydrogens (tertiary/aromatic N) is 1. The van der Waals surface area contributed by atoms with Gasteiger partial charge < -0.3 is 5.73 Å². The molecule has 17 heavy (non-hydrogen) atoms. The Hall–Kier alpha value is -1.23. The predicted molar refractivity (Wildman–Crippen MR) is 60.4 cm³/mol. The second-order valence-electron chi connectivity index (χ2n) is 4.44. The zero-order valence-corrected chi connectivity index (χ0v) is 9.43. The molecule has 5 heteroatoms. The van der Waals surface area contributed by atoms with Gasteiger partial charge in [-0.1, -0.05) is 0 Å². The number of rotatable bonds is 2. The summed E-state index contributed by atoms with van der Waals surface area (Å²) in [4.78, 5) is 2.15. The van der Waals surface area contributed by atoms with Crippen LogP contribution in [-0.2, 0) is 12.7 Å².